The van der Waals surface area contributed by atoms with E-state index in [0.717, 1.165) is 6.54 Å². The molecular weight excluding hydrogens is 160 g/mol. The van der Waals surface area contributed by atoms with Crippen LogP contribution in [0.15, 0.2) is 0 Å². The Morgan fingerprint density at radius 1 is 1.46 bits per heavy atom. The molecule has 0 aromatic carbocycles. The summed E-state index contributed by atoms with van der Waals surface area (Å²) in [5, 5.41) is 0. The maximum atomic E-state index is 5.81. The summed E-state index contributed by atoms with van der Waals surface area (Å²) in [4.78, 5) is 2.61. The van der Waals surface area contributed by atoms with Crippen molar-refractivity contribution in [2.45, 2.75) is 45.6 Å². The molecule has 1 fully saturated rings. The smallest absolute Gasteiger partial charge is 0.0193 e. The molecule has 1 saturated heterocycles. The monoisotopic (exact) mass is 184 g/mol. The summed E-state index contributed by atoms with van der Waals surface area (Å²) < 4.78 is 0. The molecule has 0 aromatic rings. The van der Waals surface area contributed by atoms with Crippen molar-refractivity contribution in [1.29, 1.82) is 0 Å². The second-order valence-electron chi connectivity index (χ2n) is 4.72. The van der Waals surface area contributed by atoms with Crippen molar-refractivity contribution in [3.05, 3.63) is 0 Å². The molecule has 2 heteroatoms. The van der Waals surface area contributed by atoms with Crippen LogP contribution in [0.25, 0.3) is 0 Å². The topological polar surface area (TPSA) is 29.3 Å². The highest BCUT2D eigenvalue weighted by atomic mass is 15.2. The average Bonchev–Trinajstić information content (AvgIpc) is 2.08. The molecule has 0 amide bonds. The van der Waals surface area contributed by atoms with Gasteiger partial charge >= 0.3 is 0 Å². The molecule has 1 unspecified atom stereocenters. The van der Waals surface area contributed by atoms with Gasteiger partial charge in [-0.2, -0.15) is 0 Å². The number of likely N-dealkylation sites (tertiary alicyclic amines) is 1. The third kappa shape index (κ3) is 2.23. The summed E-state index contributed by atoms with van der Waals surface area (Å²) in [6, 6.07) is 0. The molecule has 0 bridgehead atoms. The number of hydrogen-bond donors (Lipinski definition) is 1. The van der Waals surface area contributed by atoms with Gasteiger partial charge in [-0.1, -0.05) is 6.92 Å². The zero-order valence-corrected chi connectivity index (χ0v) is 9.34. The molecule has 0 radical (unpaired) electrons. The minimum atomic E-state index is 0.322. The fraction of sp³-hybridized carbons (Fsp3) is 1.00. The predicted octanol–water partition coefficient (Wildman–Crippen LogP) is 1.85. The van der Waals surface area contributed by atoms with Gasteiger partial charge < -0.3 is 5.73 Å². The van der Waals surface area contributed by atoms with Crippen LogP contribution in [0.5, 0.6) is 0 Å². The van der Waals surface area contributed by atoms with Crippen molar-refractivity contribution in [3.63, 3.8) is 0 Å². The van der Waals surface area contributed by atoms with E-state index < -0.39 is 0 Å². The second-order valence-corrected chi connectivity index (χ2v) is 4.72. The quantitative estimate of drug-likeness (QED) is 0.725. The molecule has 1 heterocycles. The van der Waals surface area contributed by atoms with Gasteiger partial charge in [-0.15, -0.1) is 0 Å². The number of hydrogen-bond acceptors (Lipinski definition) is 2. The first-order chi connectivity index (χ1) is 6.12. The lowest BCUT2D eigenvalue weighted by Gasteiger charge is -2.48. The Kier molecular flexibility index (Phi) is 3.74. The van der Waals surface area contributed by atoms with Crippen molar-refractivity contribution >= 4 is 0 Å². The molecule has 0 saturated carbocycles. The lowest BCUT2D eigenvalue weighted by molar-refractivity contribution is 0.0260. The maximum Gasteiger partial charge on any atom is 0.0193 e. The van der Waals surface area contributed by atoms with Crippen LogP contribution in [0.2, 0.25) is 0 Å². The molecule has 0 spiro atoms. The minimum absolute atomic E-state index is 0.322. The molecule has 1 aliphatic rings. The number of nitrogens with zero attached hydrogens (tertiary/aromatic N) is 1. The Bertz CT molecular complexity index is 152. The van der Waals surface area contributed by atoms with Gasteiger partial charge in [-0.05, 0) is 58.7 Å². The number of rotatable bonds is 3. The van der Waals surface area contributed by atoms with Crippen molar-refractivity contribution in [1.82, 2.24) is 4.90 Å². The van der Waals surface area contributed by atoms with Crippen LogP contribution in [0, 0.1) is 5.92 Å². The van der Waals surface area contributed by atoms with Crippen molar-refractivity contribution < 1.29 is 0 Å². The molecule has 2 nitrogen and oxygen atoms in total. The van der Waals surface area contributed by atoms with Gasteiger partial charge in [0.1, 0.15) is 0 Å². The second kappa shape index (κ2) is 4.43. The number of nitrogens with two attached hydrogens (primary N) is 1. The van der Waals surface area contributed by atoms with Gasteiger partial charge in [0.15, 0.2) is 0 Å². The van der Waals surface area contributed by atoms with Gasteiger partial charge in [0.2, 0.25) is 0 Å². The van der Waals surface area contributed by atoms with Crippen molar-refractivity contribution in [2.24, 2.45) is 11.7 Å². The Morgan fingerprint density at radius 2 is 2.15 bits per heavy atom. The third-order valence-electron chi connectivity index (χ3n) is 3.57. The molecule has 1 atom stereocenters. The van der Waals surface area contributed by atoms with Crippen molar-refractivity contribution in [3.8, 4) is 0 Å². The first-order valence-electron chi connectivity index (χ1n) is 5.58. The summed E-state index contributed by atoms with van der Waals surface area (Å²) in [7, 11) is 0. The molecule has 78 valence electrons. The zero-order valence-electron chi connectivity index (χ0n) is 9.34. The van der Waals surface area contributed by atoms with Gasteiger partial charge in [-0.3, -0.25) is 4.90 Å². The maximum absolute atomic E-state index is 5.81. The Balaban J connectivity index is 2.63. The van der Waals surface area contributed by atoms with Gasteiger partial charge in [0.05, 0.1) is 0 Å². The van der Waals surface area contributed by atoms with Crippen molar-refractivity contribution in [2.75, 3.05) is 19.6 Å². The number of piperidine rings is 1. The van der Waals surface area contributed by atoms with E-state index in [-0.39, 0.29) is 0 Å². The van der Waals surface area contributed by atoms with Crippen LogP contribution in [0.4, 0.5) is 0 Å². The highest BCUT2D eigenvalue weighted by Crippen LogP contribution is 2.32. The van der Waals surface area contributed by atoms with Gasteiger partial charge in [0.25, 0.3) is 0 Å². The Morgan fingerprint density at radius 3 is 2.69 bits per heavy atom. The normalized spacial score (nSPS) is 29.1. The fourth-order valence-corrected chi connectivity index (χ4v) is 2.50. The summed E-state index contributed by atoms with van der Waals surface area (Å²) in [6.07, 6.45) is 3.88. The predicted molar refractivity (Wildman–Crippen MR) is 57.7 cm³/mol. The largest absolute Gasteiger partial charge is 0.330 e. The summed E-state index contributed by atoms with van der Waals surface area (Å²) >= 11 is 0. The van der Waals surface area contributed by atoms with E-state index >= 15 is 0 Å². The molecular formula is C11H24N2. The van der Waals surface area contributed by atoms with E-state index in [2.05, 4.69) is 25.7 Å². The lowest BCUT2D eigenvalue weighted by atomic mass is 9.79. The van der Waals surface area contributed by atoms with E-state index in [1.165, 1.54) is 32.4 Å². The van der Waals surface area contributed by atoms with E-state index in [1.807, 2.05) is 0 Å². The molecule has 0 aromatic heterocycles. The van der Waals surface area contributed by atoms with Gasteiger partial charge in [-0.25, -0.2) is 0 Å². The molecule has 1 rings (SSSR count). The first-order valence-corrected chi connectivity index (χ1v) is 5.58. The fourth-order valence-electron chi connectivity index (χ4n) is 2.50. The van der Waals surface area contributed by atoms with Crippen LogP contribution in [0.1, 0.15) is 40.0 Å². The van der Waals surface area contributed by atoms with Crippen LogP contribution >= 0.6 is 0 Å². The van der Waals surface area contributed by atoms with E-state index in [9.17, 15) is 0 Å². The molecule has 1 aliphatic heterocycles. The summed E-state index contributed by atoms with van der Waals surface area (Å²) in [5.74, 6) is 0.688. The third-order valence-corrected chi connectivity index (χ3v) is 3.57. The summed E-state index contributed by atoms with van der Waals surface area (Å²) in [6.45, 7) is 10.3. The molecule has 0 aliphatic carbocycles. The standard InChI is InChI=1S/C11H24N2/c1-4-7-13-8-5-6-10(9-12)11(13,2)3/h10H,4-9,12H2,1-3H3. The Hall–Kier alpha value is -0.0800. The van der Waals surface area contributed by atoms with Crippen LogP contribution in [0.3, 0.4) is 0 Å². The average molecular weight is 184 g/mol. The molecule has 2 N–H and O–H groups in total. The lowest BCUT2D eigenvalue weighted by Crippen LogP contribution is -2.55. The van der Waals surface area contributed by atoms with E-state index in [4.69, 9.17) is 5.73 Å². The highest BCUT2D eigenvalue weighted by molar-refractivity contribution is 4.92. The zero-order chi connectivity index (χ0) is 9.90. The van der Waals surface area contributed by atoms with Gasteiger partial charge in [0, 0.05) is 5.54 Å². The van der Waals surface area contributed by atoms with Crippen LogP contribution in [-0.4, -0.2) is 30.1 Å². The summed E-state index contributed by atoms with van der Waals surface area (Å²) in [5.41, 5.74) is 6.13. The van der Waals surface area contributed by atoms with E-state index in [0.29, 0.717) is 11.5 Å². The van der Waals surface area contributed by atoms with E-state index in [1.54, 1.807) is 0 Å². The Labute approximate surface area is 82.5 Å². The molecule has 13 heavy (non-hydrogen) atoms. The van der Waals surface area contributed by atoms with Crippen LogP contribution in [-0.2, 0) is 0 Å². The van der Waals surface area contributed by atoms with Crippen LogP contribution < -0.4 is 5.73 Å². The SMILES string of the molecule is CCCN1CCCC(CN)C1(C)C. The first kappa shape index (κ1) is 11.0. The highest BCUT2D eigenvalue weighted by Gasteiger charge is 2.36. The minimum Gasteiger partial charge on any atom is -0.330 e.